The maximum absolute atomic E-state index is 12.9. The molecule has 0 aromatic heterocycles. The number of alkyl carbamates (subject to hydrolysis) is 1. The number of fused-ring (bicyclic) bond motifs is 3. The molecule has 0 saturated carbocycles. The van der Waals surface area contributed by atoms with Gasteiger partial charge >= 0.3 is 6.09 Å². The zero-order valence-electron chi connectivity index (χ0n) is 22.0. The second-order valence-electron chi connectivity index (χ2n) is 10.1. The van der Waals surface area contributed by atoms with Crippen molar-refractivity contribution >= 4 is 12.0 Å². The van der Waals surface area contributed by atoms with Gasteiger partial charge < -0.3 is 15.4 Å². The molecule has 1 heterocycles. The Labute approximate surface area is 233 Å². The van der Waals surface area contributed by atoms with Crippen molar-refractivity contribution in [1.82, 2.24) is 15.7 Å². The standard InChI is InChI=1S/C33H31N3O4/c37-32(20-34-33(38)39-22-29-27-17-9-7-15-25(27)26-16-8-10-18-28(26)29)35-31-19-30(24-13-5-2-6-14-24)40-36(31)21-23-11-3-1-4-12-23/h1-18,29-31H,19-22H2,(H,34,38)(H,35,37)/t30-,31-/m1/s1. The second-order valence-corrected chi connectivity index (χ2v) is 10.1. The minimum Gasteiger partial charge on any atom is -0.449 e. The zero-order valence-corrected chi connectivity index (χ0v) is 22.0. The third kappa shape index (κ3) is 5.61. The van der Waals surface area contributed by atoms with Crippen molar-refractivity contribution in [3.8, 4) is 11.1 Å². The number of hydrogen-bond acceptors (Lipinski definition) is 5. The zero-order chi connectivity index (χ0) is 27.3. The summed E-state index contributed by atoms with van der Waals surface area (Å²) in [5.74, 6) is -0.349. The minimum atomic E-state index is -0.622. The molecule has 2 aliphatic rings. The lowest BCUT2D eigenvalue weighted by atomic mass is 9.98. The highest BCUT2D eigenvalue weighted by Crippen LogP contribution is 2.44. The Hall–Kier alpha value is -4.46. The SMILES string of the molecule is O=C(CNC(=O)OCC1c2ccccc2-c2ccccc21)N[C@H]1C[C@H](c2ccccc2)ON1Cc1ccccc1. The van der Waals surface area contributed by atoms with E-state index in [9.17, 15) is 9.59 Å². The van der Waals surface area contributed by atoms with Gasteiger partial charge in [0.25, 0.3) is 0 Å². The van der Waals surface area contributed by atoms with E-state index in [1.165, 1.54) is 11.1 Å². The van der Waals surface area contributed by atoms with Crippen LogP contribution < -0.4 is 10.6 Å². The van der Waals surface area contributed by atoms with Gasteiger partial charge in [-0.15, -0.1) is 0 Å². The molecular formula is C33H31N3O4. The van der Waals surface area contributed by atoms with Crippen LogP contribution in [0.15, 0.2) is 109 Å². The molecule has 7 heteroatoms. The molecular weight excluding hydrogens is 502 g/mol. The highest BCUT2D eigenvalue weighted by Gasteiger charge is 2.35. The fourth-order valence-corrected chi connectivity index (χ4v) is 5.55. The van der Waals surface area contributed by atoms with Crippen LogP contribution in [0.1, 0.15) is 40.7 Å². The monoisotopic (exact) mass is 533 g/mol. The molecule has 6 rings (SSSR count). The Morgan fingerprint density at radius 3 is 2.08 bits per heavy atom. The molecule has 0 bridgehead atoms. The van der Waals surface area contributed by atoms with Gasteiger partial charge in [-0.2, -0.15) is 5.06 Å². The van der Waals surface area contributed by atoms with Gasteiger partial charge in [-0.1, -0.05) is 109 Å². The first-order chi connectivity index (χ1) is 19.7. The van der Waals surface area contributed by atoms with E-state index < -0.39 is 6.09 Å². The number of ether oxygens (including phenoxy) is 1. The molecule has 1 aliphatic heterocycles. The van der Waals surface area contributed by atoms with Gasteiger partial charge in [0.15, 0.2) is 0 Å². The molecule has 0 spiro atoms. The number of carbonyl (C=O) groups is 2. The second kappa shape index (κ2) is 11.7. The summed E-state index contributed by atoms with van der Waals surface area (Å²) < 4.78 is 5.57. The summed E-state index contributed by atoms with van der Waals surface area (Å²) in [7, 11) is 0. The van der Waals surface area contributed by atoms with E-state index in [0.29, 0.717) is 13.0 Å². The molecule has 2 atom stereocenters. The Morgan fingerprint density at radius 2 is 1.40 bits per heavy atom. The van der Waals surface area contributed by atoms with Gasteiger partial charge in [0.05, 0.1) is 6.54 Å². The first-order valence-corrected chi connectivity index (χ1v) is 13.6. The van der Waals surface area contributed by atoms with E-state index in [1.807, 2.05) is 84.9 Å². The lowest BCUT2D eigenvalue weighted by Gasteiger charge is -2.23. The van der Waals surface area contributed by atoms with E-state index in [4.69, 9.17) is 9.57 Å². The van der Waals surface area contributed by atoms with Crippen molar-refractivity contribution in [2.75, 3.05) is 13.2 Å². The van der Waals surface area contributed by atoms with Gasteiger partial charge in [0.1, 0.15) is 25.4 Å². The fourth-order valence-electron chi connectivity index (χ4n) is 5.55. The van der Waals surface area contributed by atoms with E-state index in [2.05, 4.69) is 34.9 Å². The average molecular weight is 534 g/mol. The number of hydroxylamine groups is 2. The topological polar surface area (TPSA) is 79.9 Å². The Bertz CT molecular complexity index is 1430. The summed E-state index contributed by atoms with van der Waals surface area (Å²) in [5, 5.41) is 7.43. The van der Waals surface area contributed by atoms with Crippen LogP contribution in [0.4, 0.5) is 4.79 Å². The molecule has 1 saturated heterocycles. The molecule has 0 radical (unpaired) electrons. The maximum atomic E-state index is 12.9. The predicted octanol–water partition coefficient (Wildman–Crippen LogP) is 5.55. The highest BCUT2D eigenvalue weighted by molar-refractivity contribution is 5.82. The van der Waals surface area contributed by atoms with Gasteiger partial charge in [-0.3, -0.25) is 9.63 Å². The number of nitrogens with one attached hydrogen (secondary N) is 2. The van der Waals surface area contributed by atoms with Crippen LogP contribution in [-0.2, 0) is 20.9 Å². The van der Waals surface area contributed by atoms with Crippen LogP contribution >= 0.6 is 0 Å². The number of hydrogen-bond donors (Lipinski definition) is 2. The first kappa shape index (κ1) is 25.8. The molecule has 1 fully saturated rings. The number of amides is 2. The van der Waals surface area contributed by atoms with Gasteiger partial charge in [-0.25, -0.2) is 4.79 Å². The first-order valence-electron chi connectivity index (χ1n) is 13.6. The number of rotatable bonds is 8. The number of benzene rings is 4. The summed E-state index contributed by atoms with van der Waals surface area (Å²) in [5.41, 5.74) is 6.74. The normalized spacial score (nSPS) is 18.1. The Morgan fingerprint density at radius 1 is 0.800 bits per heavy atom. The molecule has 202 valence electrons. The van der Waals surface area contributed by atoms with Gasteiger partial charge in [-0.05, 0) is 33.4 Å². The summed E-state index contributed by atoms with van der Waals surface area (Å²) in [6, 6.07) is 36.3. The predicted molar refractivity (Wildman–Crippen MR) is 152 cm³/mol. The van der Waals surface area contributed by atoms with E-state index in [1.54, 1.807) is 5.06 Å². The quantitative estimate of drug-likeness (QED) is 0.311. The van der Waals surface area contributed by atoms with E-state index in [-0.39, 0.29) is 37.2 Å². The smallest absolute Gasteiger partial charge is 0.407 e. The minimum absolute atomic E-state index is 0.0379. The van der Waals surface area contributed by atoms with Crippen molar-refractivity contribution < 1.29 is 19.2 Å². The Kier molecular flexibility index (Phi) is 7.57. The summed E-state index contributed by atoms with van der Waals surface area (Å²) in [6.45, 7) is 0.527. The lowest BCUT2D eigenvalue weighted by molar-refractivity contribution is -0.177. The Balaban J connectivity index is 1.04. The summed E-state index contributed by atoms with van der Waals surface area (Å²) in [4.78, 5) is 31.7. The summed E-state index contributed by atoms with van der Waals surface area (Å²) >= 11 is 0. The highest BCUT2D eigenvalue weighted by atomic mass is 16.7. The van der Waals surface area contributed by atoms with E-state index >= 15 is 0 Å². The fraction of sp³-hybridized carbons (Fsp3) is 0.212. The summed E-state index contributed by atoms with van der Waals surface area (Å²) in [6.07, 6.45) is -0.552. The molecule has 7 nitrogen and oxygen atoms in total. The number of carbonyl (C=O) groups excluding carboxylic acids is 2. The van der Waals surface area contributed by atoms with Crippen LogP contribution in [0, 0.1) is 0 Å². The van der Waals surface area contributed by atoms with Crippen molar-refractivity contribution in [3.05, 3.63) is 131 Å². The van der Waals surface area contributed by atoms with Crippen LogP contribution in [0.25, 0.3) is 11.1 Å². The third-order valence-electron chi connectivity index (χ3n) is 7.46. The average Bonchev–Trinajstić information content (AvgIpc) is 3.54. The largest absolute Gasteiger partial charge is 0.449 e. The van der Waals surface area contributed by atoms with Crippen LogP contribution in [0.5, 0.6) is 0 Å². The molecule has 40 heavy (non-hydrogen) atoms. The molecule has 2 amide bonds. The molecule has 2 N–H and O–H groups in total. The third-order valence-corrected chi connectivity index (χ3v) is 7.46. The van der Waals surface area contributed by atoms with E-state index in [0.717, 1.165) is 22.3 Å². The molecule has 1 aliphatic carbocycles. The number of nitrogens with zero attached hydrogens (tertiary/aromatic N) is 1. The van der Waals surface area contributed by atoms with Crippen molar-refractivity contribution in [2.45, 2.75) is 31.2 Å². The van der Waals surface area contributed by atoms with Crippen LogP contribution in [0.3, 0.4) is 0 Å². The van der Waals surface area contributed by atoms with Crippen LogP contribution in [-0.4, -0.2) is 36.4 Å². The van der Waals surface area contributed by atoms with Crippen molar-refractivity contribution in [3.63, 3.8) is 0 Å². The maximum Gasteiger partial charge on any atom is 0.407 e. The van der Waals surface area contributed by atoms with Gasteiger partial charge in [0.2, 0.25) is 5.91 Å². The lowest BCUT2D eigenvalue weighted by Crippen LogP contribution is -2.47. The van der Waals surface area contributed by atoms with Crippen molar-refractivity contribution in [1.29, 1.82) is 0 Å². The molecule has 0 unspecified atom stereocenters. The molecule has 4 aromatic carbocycles. The van der Waals surface area contributed by atoms with Crippen molar-refractivity contribution in [2.24, 2.45) is 0 Å². The van der Waals surface area contributed by atoms with Gasteiger partial charge in [0, 0.05) is 12.3 Å². The van der Waals surface area contributed by atoms with Crippen LogP contribution in [0.2, 0.25) is 0 Å². The molecule has 4 aromatic rings.